The van der Waals surface area contributed by atoms with Crippen LogP contribution in [0.2, 0.25) is 0 Å². The summed E-state index contributed by atoms with van der Waals surface area (Å²) in [5.41, 5.74) is 5.19. The smallest absolute Gasteiger partial charge is 0.325 e. The van der Waals surface area contributed by atoms with Gasteiger partial charge in [0.1, 0.15) is 5.54 Å². The van der Waals surface area contributed by atoms with Gasteiger partial charge in [-0.05, 0) is 59.0 Å². The van der Waals surface area contributed by atoms with E-state index in [1.807, 2.05) is 6.92 Å². The molecule has 3 unspecified atom stereocenters. The third-order valence-electron chi connectivity index (χ3n) is 4.48. The molecule has 0 heterocycles. The molecule has 0 aromatic carbocycles. The third kappa shape index (κ3) is 5.41. The molecule has 0 spiro atoms. The molecule has 0 aromatic rings. The van der Waals surface area contributed by atoms with Gasteiger partial charge in [0, 0.05) is 6.04 Å². The van der Waals surface area contributed by atoms with Crippen LogP contribution in [-0.4, -0.2) is 42.6 Å². The summed E-state index contributed by atoms with van der Waals surface area (Å²) in [7, 11) is 2.20. The van der Waals surface area contributed by atoms with Gasteiger partial charge in [0.15, 0.2) is 0 Å². The van der Waals surface area contributed by atoms with Crippen molar-refractivity contribution in [3.63, 3.8) is 0 Å². The van der Waals surface area contributed by atoms with Crippen LogP contribution in [0.25, 0.3) is 0 Å². The molecule has 1 rings (SSSR count). The van der Waals surface area contributed by atoms with Crippen LogP contribution < -0.4 is 5.73 Å². The van der Waals surface area contributed by atoms with E-state index in [-0.39, 0.29) is 5.97 Å². The number of hydrogen-bond acceptors (Lipinski definition) is 4. The average molecular weight is 284 g/mol. The van der Waals surface area contributed by atoms with E-state index in [1.54, 1.807) is 6.92 Å². The van der Waals surface area contributed by atoms with Crippen LogP contribution in [0.15, 0.2) is 0 Å². The Bertz CT molecular complexity index is 305. The predicted molar refractivity (Wildman–Crippen MR) is 82.5 cm³/mol. The molecule has 0 aliphatic heterocycles. The zero-order valence-corrected chi connectivity index (χ0v) is 13.7. The van der Waals surface area contributed by atoms with Crippen molar-refractivity contribution in [2.24, 2.45) is 11.7 Å². The van der Waals surface area contributed by atoms with E-state index in [4.69, 9.17) is 10.5 Å². The highest BCUT2D eigenvalue weighted by Crippen LogP contribution is 2.27. The van der Waals surface area contributed by atoms with Crippen LogP contribution in [0.5, 0.6) is 0 Å². The van der Waals surface area contributed by atoms with Gasteiger partial charge < -0.3 is 15.4 Å². The third-order valence-corrected chi connectivity index (χ3v) is 4.48. The first-order chi connectivity index (χ1) is 9.36. The average Bonchev–Trinajstić information content (AvgIpc) is 2.38. The fourth-order valence-electron chi connectivity index (χ4n) is 3.08. The Balaban J connectivity index is 2.30. The van der Waals surface area contributed by atoms with Gasteiger partial charge in [-0.2, -0.15) is 0 Å². The van der Waals surface area contributed by atoms with Crippen molar-refractivity contribution in [2.45, 2.75) is 70.9 Å². The molecule has 1 aliphatic carbocycles. The second-order valence-electron chi connectivity index (χ2n) is 6.65. The van der Waals surface area contributed by atoms with E-state index in [0.29, 0.717) is 19.1 Å². The maximum absolute atomic E-state index is 11.7. The summed E-state index contributed by atoms with van der Waals surface area (Å²) in [5.74, 6) is 0.560. The van der Waals surface area contributed by atoms with Crippen molar-refractivity contribution >= 4 is 5.97 Å². The van der Waals surface area contributed by atoms with E-state index in [2.05, 4.69) is 18.9 Å². The van der Waals surface area contributed by atoms with Crippen molar-refractivity contribution in [2.75, 3.05) is 20.2 Å². The molecule has 0 aromatic heterocycles. The highest BCUT2D eigenvalue weighted by atomic mass is 16.5. The quantitative estimate of drug-likeness (QED) is 0.730. The van der Waals surface area contributed by atoms with E-state index in [0.717, 1.165) is 18.9 Å². The van der Waals surface area contributed by atoms with Crippen LogP contribution in [0.4, 0.5) is 0 Å². The summed E-state index contributed by atoms with van der Waals surface area (Å²) in [6.07, 6.45) is 6.93. The molecule has 4 nitrogen and oxygen atoms in total. The minimum atomic E-state index is -0.850. The minimum absolute atomic E-state index is 0.283. The van der Waals surface area contributed by atoms with Gasteiger partial charge in [-0.3, -0.25) is 4.79 Å². The van der Waals surface area contributed by atoms with Crippen molar-refractivity contribution in [3.05, 3.63) is 0 Å². The summed E-state index contributed by atoms with van der Waals surface area (Å²) in [4.78, 5) is 14.2. The zero-order chi connectivity index (χ0) is 15.2. The maximum Gasteiger partial charge on any atom is 0.325 e. The largest absolute Gasteiger partial charge is 0.465 e. The molecule has 118 valence electrons. The number of nitrogens with two attached hydrogens (primary N) is 1. The first kappa shape index (κ1) is 17.4. The Labute approximate surface area is 124 Å². The molecule has 2 N–H and O–H groups in total. The number of nitrogens with zero attached hydrogens (tertiary/aromatic N) is 1. The molecule has 0 bridgehead atoms. The van der Waals surface area contributed by atoms with Crippen molar-refractivity contribution in [1.29, 1.82) is 0 Å². The summed E-state index contributed by atoms with van der Waals surface area (Å²) < 4.78 is 5.02. The summed E-state index contributed by atoms with van der Waals surface area (Å²) in [6.45, 7) is 7.33. The first-order valence-electron chi connectivity index (χ1n) is 8.03. The lowest BCUT2D eigenvalue weighted by molar-refractivity contribution is -0.149. The SMILES string of the molecule is CCOC(=O)C(C)(N)CCCN(C)C1CCCC(C)C1. The Morgan fingerprint density at radius 3 is 2.75 bits per heavy atom. The van der Waals surface area contributed by atoms with Crippen LogP contribution in [0.3, 0.4) is 0 Å². The van der Waals surface area contributed by atoms with Crippen molar-refractivity contribution in [3.8, 4) is 0 Å². The Kier molecular flexibility index (Phi) is 6.96. The predicted octanol–water partition coefficient (Wildman–Crippen LogP) is 2.56. The fourth-order valence-corrected chi connectivity index (χ4v) is 3.08. The molecule has 20 heavy (non-hydrogen) atoms. The van der Waals surface area contributed by atoms with Crippen LogP contribution in [0, 0.1) is 5.92 Å². The van der Waals surface area contributed by atoms with Gasteiger partial charge in [-0.25, -0.2) is 0 Å². The van der Waals surface area contributed by atoms with Gasteiger partial charge in [-0.1, -0.05) is 19.8 Å². The molecule has 1 fully saturated rings. The van der Waals surface area contributed by atoms with E-state index in [1.165, 1.54) is 25.7 Å². The second-order valence-corrected chi connectivity index (χ2v) is 6.65. The van der Waals surface area contributed by atoms with E-state index >= 15 is 0 Å². The lowest BCUT2D eigenvalue weighted by Gasteiger charge is -2.34. The fraction of sp³-hybridized carbons (Fsp3) is 0.938. The van der Waals surface area contributed by atoms with E-state index < -0.39 is 5.54 Å². The minimum Gasteiger partial charge on any atom is -0.465 e. The standard InChI is InChI=1S/C16H32N2O2/c1-5-20-15(19)16(3,17)10-7-11-18(4)14-9-6-8-13(2)12-14/h13-14H,5-12,17H2,1-4H3. The monoisotopic (exact) mass is 284 g/mol. The molecule has 0 saturated heterocycles. The van der Waals surface area contributed by atoms with Crippen LogP contribution in [-0.2, 0) is 9.53 Å². The molecule has 1 saturated carbocycles. The molecular formula is C16H32N2O2. The van der Waals surface area contributed by atoms with Gasteiger partial charge in [-0.15, -0.1) is 0 Å². The van der Waals surface area contributed by atoms with Gasteiger partial charge in [0.05, 0.1) is 6.61 Å². The van der Waals surface area contributed by atoms with Gasteiger partial charge >= 0.3 is 5.97 Å². The Morgan fingerprint density at radius 2 is 2.15 bits per heavy atom. The first-order valence-corrected chi connectivity index (χ1v) is 8.03. The summed E-state index contributed by atoms with van der Waals surface area (Å²) in [6, 6.07) is 0.699. The van der Waals surface area contributed by atoms with E-state index in [9.17, 15) is 4.79 Å². The lowest BCUT2D eigenvalue weighted by atomic mass is 9.86. The maximum atomic E-state index is 11.7. The lowest BCUT2D eigenvalue weighted by Crippen LogP contribution is -2.47. The number of rotatable bonds is 7. The van der Waals surface area contributed by atoms with Gasteiger partial charge in [0.25, 0.3) is 0 Å². The van der Waals surface area contributed by atoms with Crippen molar-refractivity contribution < 1.29 is 9.53 Å². The Morgan fingerprint density at radius 1 is 1.45 bits per heavy atom. The molecular weight excluding hydrogens is 252 g/mol. The number of ether oxygens (including phenoxy) is 1. The highest BCUT2D eigenvalue weighted by Gasteiger charge is 2.30. The molecule has 3 atom stereocenters. The highest BCUT2D eigenvalue weighted by molar-refractivity contribution is 5.79. The second kappa shape index (κ2) is 7.99. The Hall–Kier alpha value is -0.610. The van der Waals surface area contributed by atoms with Crippen LogP contribution in [0.1, 0.15) is 59.3 Å². The number of carbonyl (C=O) groups is 1. The number of esters is 1. The normalized spacial score (nSPS) is 26.3. The topological polar surface area (TPSA) is 55.6 Å². The molecule has 4 heteroatoms. The molecule has 1 aliphatic rings. The van der Waals surface area contributed by atoms with Crippen molar-refractivity contribution in [1.82, 2.24) is 4.90 Å². The summed E-state index contributed by atoms with van der Waals surface area (Å²) in [5, 5.41) is 0. The number of hydrogen-bond donors (Lipinski definition) is 1. The zero-order valence-electron chi connectivity index (χ0n) is 13.7. The van der Waals surface area contributed by atoms with Gasteiger partial charge in [0.2, 0.25) is 0 Å². The molecule has 0 radical (unpaired) electrons. The van der Waals surface area contributed by atoms with Crippen LogP contribution >= 0.6 is 0 Å². The summed E-state index contributed by atoms with van der Waals surface area (Å²) >= 11 is 0. The number of carbonyl (C=O) groups excluding carboxylic acids is 1. The molecule has 0 amide bonds.